The van der Waals surface area contributed by atoms with Crippen LogP contribution in [0.3, 0.4) is 0 Å². The van der Waals surface area contributed by atoms with Crippen molar-refractivity contribution in [2.75, 3.05) is 0 Å². The minimum atomic E-state index is -0.934. The molecule has 0 amide bonds. The quantitative estimate of drug-likeness (QED) is 0.588. The maximum atomic E-state index is 11.5. The fraction of sp³-hybridized carbons (Fsp3) is 0.571. The molecular weight excluding hydrogens is 248 g/mol. The number of fused-ring (bicyclic) bond motifs is 2. The standard InChI is InChI=1S/C14H16O5/c1-7-6-14-9(4-3-8(2)15)12(17)13(7)18-10(14)5-11(16)19-14/h3-5,7,9,12-13,17H,6H2,1-2H3/b4-3+/t7-,9-,12-,13-,14-/m1/s1. The Kier molecular flexibility index (Phi) is 2.57. The smallest absolute Gasteiger partial charge is 0.335 e. The summed E-state index contributed by atoms with van der Waals surface area (Å²) in [6.07, 6.45) is 3.88. The fourth-order valence-corrected chi connectivity index (χ4v) is 3.39. The van der Waals surface area contributed by atoms with E-state index in [1.165, 1.54) is 19.1 Å². The van der Waals surface area contributed by atoms with Crippen LogP contribution >= 0.6 is 0 Å². The predicted octanol–water partition coefficient (Wildman–Crippen LogP) is 0.727. The van der Waals surface area contributed by atoms with E-state index >= 15 is 0 Å². The Bertz CT molecular complexity index is 506. The first-order chi connectivity index (χ1) is 8.94. The lowest BCUT2D eigenvalue weighted by atomic mass is 9.64. The van der Waals surface area contributed by atoms with Gasteiger partial charge in [0.15, 0.2) is 11.4 Å². The summed E-state index contributed by atoms with van der Waals surface area (Å²) in [5.41, 5.74) is -0.934. The molecule has 0 aromatic heterocycles. The van der Waals surface area contributed by atoms with E-state index in [-0.39, 0.29) is 17.8 Å². The van der Waals surface area contributed by atoms with Gasteiger partial charge in [0, 0.05) is 6.42 Å². The molecule has 2 saturated heterocycles. The maximum absolute atomic E-state index is 11.5. The lowest BCUT2D eigenvalue weighted by Gasteiger charge is -2.54. The van der Waals surface area contributed by atoms with E-state index in [9.17, 15) is 14.7 Å². The van der Waals surface area contributed by atoms with Crippen LogP contribution in [0.2, 0.25) is 0 Å². The third-order valence-corrected chi connectivity index (χ3v) is 4.18. The summed E-state index contributed by atoms with van der Waals surface area (Å²) in [4.78, 5) is 22.6. The Morgan fingerprint density at radius 3 is 3.00 bits per heavy atom. The largest absolute Gasteiger partial charge is 0.487 e. The summed E-state index contributed by atoms with van der Waals surface area (Å²) in [5, 5.41) is 10.4. The van der Waals surface area contributed by atoms with E-state index in [1.54, 1.807) is 6.08 Å². The third-order valence-electron chi connectivity index (χ3n) is 4.18. The SMILES string of the molecule is CC(=O)/C=C/[C@@H]1[C@@H](O)[C@@H]2OC3=CC(=O)O[C@@]31C[C@H]2C. The molecule has 5 atom stereocenters. The molecule has 5 heteroatoms. The molecular formula is C14H16O5. The number of aliphatic hydroxyl groups excluding tert-OH is 1. The molecule has 0 aromatic carbocycles. The number of carbonyl (C=O) groups excluding carboxylic acids is 2. The second kappa shape index (κ2) is 3.93. The number of aliphatic hydroxyl groups is 1. The van der Waals surface area contributed by atoms with E-state index in [4.69, 9.17) is 9.47 Å². The lowest BCUT2D eigenvalue weighted by molar-refractivity contribution is -0.220. The number of allylic oxidation sites excluding steroid dienone is 1. The highest BCUT2D eigenvalue weighted by molar-refractivity contribution is 5.88. The van der Waals surface area contributed by atoms with Crippen molar-refractivity contribution in [1.29, 1.82) is 0 Å². The van der Waals surface area contributed by atoms with Gasteiger partial charge in [-0.3, -0.25) is 4.79 Å². The molecule has 3 aliphatic heterocycles. The molecule has 2 bridgehead atoms. The van der Waals surface area contributed by atoms with Crippen molar-refractivity contribution < 1.29 is 24.2 Å². The number of hydrogen-bond donors (Lipinski definition) is 1. The van der Waals surface area contributed by atoms with Gasteiger partial charge >= 0.3 is 5.97 Å². The average Bonchev–Trinajstić information content (AvgIpc) is 2.62. The van der Waals surface area contributed by atoms with Crippen molar-refractivity contribution >= 4 is 11.8 Å². The predicted molar refractivity (Wildman–Crippen MR) is 64.9 cm³/mol. The first-order valence-electron chi connectivity index (χ1n) is 6.43. The minimum absolute atomic E-state index is 0.0972. The van der Waals surface area contributed by atoms with Gasteiger partial charge in [-0.05, 0) is 18.9 Å². The Balaban J connectivity index is 2.03. The molecule has 19 heavy (non-hydrogen) atoms. The Labute approximate surface area is 110 Å². The van der Waals surface area contributed by atoms with Crippen molar-refractivity contribution in [1.82, 2.24) is 0 Å². The molecule has 1 saturated carbocycles. The Hall–Kier alpha value is -1.62. The van der Waals surface area contributed by atoms with Gasteiger partial charge in [0.25, 0.3) is 0 Å². The highest BCUT2D eigenvalue weighted by Gasteiger charge is 2.64. The number of carbonyl (C=O) groups is 2. The molecule has 0 radical (unpaired) electrons. The Morgan fingerprint density at radius 1 is 1.58 bits per heavy atom. The highest BCUT2D eigenvalue weighted by atomic mass is 16.6. The van der Waals surface area contributed by atoms with Crippen LogP contribution < -0.4 is 0 Å². The van der Waals surface area contributed by atoms with Gasteiger partial charge in [-0.15, -0.1) is 0 Å². The molecule has 1 aliphatic carbocycles. The summed E-state index contributed by atoms with van der Waals surface area (Å²) in [6.45, 7) is 3.40. The zero-order valence-corrected chi connectivity index (χ0v) is 10.8. The summed E-state index contributed by atoms with van der Waals surface area (Å²) in [5.74, 6) is -0.389. The first kappa shape index (κ1) is 12.4. The van der Waals surface area contributed by atoms with Crippen molar-refractivity contribution in [2.24, 2.45) is 11.8 Å². The van der Waals surface area contributed by atoms with Crippen LogP contribution in [0.1, 0.15) is 20.3 Å². The van der Waals surface area contributed by atoms with Crippen molar-refractivity contribution in [2.45, 2.75) is 38.1 Å². The summed E-state index contributed by atoms with van der Waals surface area (Å²) in [6, 6.07) is 0. The zero-order chi connectivity index (χ0) is 13.8. The van der Waals surface area contributed by atoms with Gasteiger partial charge in [-0.25, -0.2) is 4.79 Å². The van der Waals surface area contributed by atoms with E-state index in [2.05, 4.69) is 0 Å². The maximum Gasteiger partial charge on any atom is 0.335 e. The summed E-state index contributed by atoms with van der Waals surface area (Å²) < 4.78 is 11.1. The van der Waals surface area contributed by atoms with Gasteiger partial charge in [0.2, 0.25) is 0 Å². The van der Waals surface area contributed by atoms with Crippen LogP contribution in [-0.2, 0) is 19.1 Å². The summed E-state index contributed by atoms with van der Waals surface area (Å²) >= 11 is 0. The number of ether oxygens (including phenoxy) is 2. The van der Waals surface area contributed by atoms with E-state index < -0.39 is 23.6 Å². The molecule has 3 heterocycles. The number of hydrogen-bond acceptors (Lipinski definition) is 5. The van der Waals surface area contributed by atoms with Crippen LogP contribution in [-0.4, -0.2) is 34.7 Å². The highest BCUT2D eigenvalue weighted by Crippen LogP contribution is 2.54. The van der Waals surface area contributed by atoms with Crippen LogP contribution in [0.25, 0.3) is 0 Å². The molecule has 5 nitrogen and oxygen atoms in total. The molecule has 1 N–H and O–H groups in total. The molecule has 3 fully saturated rings. The van der Waals surface area contributed by atoms with Gasteiger partial charge < -0.3 is 14.6 Å². The second-order valence-corrected chi connectivity index (χ2v) is 5.57. The molecule has 0 unspecified atom stereocenters. The molecule has 4 rings (SSSR count). The average molecular weight is 264 g/mol. The van der Waals surface area contributed by atoms with Gasteiger partial charge in [-0.2, -0.15) is 0 Å². The van der Waals surface area contributed by atoms with Crippen molar-refractivity contribution in [3.05, 3.63) is 24.0 Å². The number of esters is 1. The lowest BCUT2D eigenvalue weighted by Crippen LogP contribution is -2.63. The first-order valence-corrected chi connectivity index (χ1v) is 6.43. The normalized spacial score (nSPS) is 43.7. The molecule has 0 aromatic rings. The van der Waals surface area contributed by atoms with Crippen molar-refractivity contribution in [3.8, 4) is 0 Å². The molecule has 102 valence electrons. The zero-order valence-electron chi connectivity index (χ0n) is 10.8. The van der Waals surface area contributed by atoms with Crippen molar-refractivity contribution in [3.63, 3.8) is 0 Å². The van der Waals surface area contributed by atoms with Crippen LogP contribution in [0.5, 0.6) is 0 Å². The summed E-state index contributed by atoms with van der Waals surface area (Å²) in [7, 11) is 0. The minimum Gasteiger partial charge on any atom is -0.487 e. The molecule has 1 spiro atoms. The van der Waals surface area contributed by atoms with Gasteiger partial charge in [0.1, 0.15) is 18.0 Å². The van der Waals surface area contributed by atoms with Crippen LogP contribution in [0, 0.1) is 11.8 Å². The molecule has 4 aliphatic rings. The van der Waals surface area contributed by atoms with Crippen LogP contribution in [0.15, 0.2) is 24.0 Å². The van der Waals surface area contributed by atoms with Gasteiger partial charge in [0.05, 0.1) is 12.0 Å². The fourth-order valence-electron chi connectivity index (χ4n) is 3.39. The number of rotatable bonds is 2. The topological polar surface area (TPSA) is 72.8 Å². The van der Waals surface area contributed by atoms with E-state index in [0.717, 1.165) is 0 Å². The second-order valence-electron chi connectivity index (χ2n) is 5.57. The monoisotopic (exact) mass is 264 g/mol. The van der Waals surface area contributed by atoms with E-state index in [1.807, 2.05) is 6.92 Å². The third kappa shape index (κ3) is 1.64. The van der Waals surface area contributed by atoms with Gasteiger partial charge in [-0.1, -0.05) is 13.0 Å². The van der Waals surface area contributed by atoms with Crippen LogP contribution in [0.4, 0.5) is 0 Å². The van der Waals surface area contributed by atoms with E-state index in [0.29, 0.717) is 12.2 Å². The number of ketones is 1. The Morgan fingerprint density at radius 2 is 2.32 bits per heavy atom.